The monoisotopic (exact) mass is 231 g/mol. The molecule has 0 amide bonds. The summed E-state index contributed by atoms with van der Waals surface area (Å²) in [6.07, 6.45) is 12.3. The van der Waals surface area contributed by atoms with Gasteiger partial charge in [0.25, 0.3) is 0 Å². The fourth-order valence-electron chi connectivity index (χ4n) is 1.81. The van der Waals surface area contributed by atoms with Crippen LogP contribution in [0.1, 0.15) is 18.5 Å². The second kappa shape index (κ2) is 4.71. The highest BCUT2D eigenvalue weighted by atomic mass is 15.1. The minimum absolute atomic E-state index is 0.742. The van der Waals surface area contributed by atoms with E-state index < -0.39 is 0 Å². The molecule has 0 spiro atoms. The Hall–Kier alpha value is -1.62. The van der Waals surface area contributed by atoms with Gasteiger partial charge in [0.15, 0.2) is 0 Å². The van der Waals surface area contributed by atoms with Gasteiger partial charge >= 0.3 is 0 Å². The molecule has 1 fully saturated rings. The maximum Gasteiger partial charge on any atom is 0.0950 e. The second-order valence-electron chi connectivity index (χ2n) is 4.56. The van der Waals surface area contributed by atoms with Gasteiger partial charge in [-0.3, -0.25) is 0 Å². The van der Waals surface area contributed by atoms with Gasteiger partial charge in [-0.05, 0) is 12.8 Å². The number of hydrogen-bond donors (Lipinski definition) is 1. The number of nitrogens with one attached hydrogen (secondary N) is 1. The summed E-state index contributed by atoms with van der Waals surface area (Å²) in [5.41, 5.74) is 1.13. The third-order valence-electron chi connectivity index (χ3n) is 3.01. The van der Waals surface area contributed by atoms with Crippen molar-refractivity contribution in [1.82, 2.24) is 24.4 Å². The number of imidazole rings is 2. The molecule has 17 heavy (non-hydrogen) atoms. The van der Waals surface area contributed by atoms with Crippen molar-refractivity contribution in [2.75, 3.05) is 0 Å². The topological polar surface area (TPSA) is 47.7 Å². The van der Waals surface area contributed by atoms with Crippen LogP contribution in [0, 0.1) is 0 Å². The van der Waals surface area contributed by atoms with Gasteiger partial charge < -0.3 is 14.5 Å². The molecular weight excluding hydrogens is 214 g/mol. The molecule has 5 heteroatoms. The number of nitrogens with zero attached hydrogens (tertiary/aromatic N) is 4. The van der Waals surface area contributed by atoms with Crippen LogP contribution in [0.3, 0.4) is 0 Å². The van der Waals surface area contributed by atoms with Crippen LogP contribution in [0.4, 0.5) is 0 Å². The van der Waals surface area contributed by atoms with Crippen LogP contribution in [0.25, 0.3) is 0 Å². The molecule has 0 bridgehead atoms. The van der Waals surface area contributed by atoms with Crippen LogP contribution in [-0.4, -0.2) is 25.1 Å². The zero-order valence-electron chi connectivity index (χ0n) is 9.79. The maximum absolute atomic E-state index is 4.39. The summed E-state index contributed by atoms with van der Waals surface area (Å²) in [5, 5.41) is 3.46. The summed E-state index contributed by atoms with van der Waals surface area (Å²) in [7, 11) is 0. The van der Waals surface area contributed by atoms with Gasteiger partial charge in [-0.1, -0.05) is 0 Å². The molecule has 3 rings (SSSR count). The lowest BCUT2D eigenvalue weighted by atomic mass is 10.4. The molecule has 1 aliphatic carbocycles. The maximum atomic E-state index is 4.39. The van der Waals surface area contributed by atoms with E-state index in [1.165, 1.54) is 12.8 Å². The van der Waals surface area contributed by atoms with E-state index in [1.807, 2.05) is 18.9 Å². The van der Waals surface area contributed by atoms with Crippen LogP contribution in [0.15, 0.2) is 31.2 Å². The summed E-state index contributed by atoms with van der Waals surface area (Å²) in [6, 6.07) is 0.742. The molecule has 1 saturated carbocycles. The van der Waals surface area contributed by atoms with Crippen molar-refractivity contribution in [3.05, 3.63) is 36.9 Å². The average molecular weight is 231 g/mol. The third kappa shape index (κ3) is 2.94. The Balaban J connectivity index is 1.49. The summed E-state index contributed by atoms with van der Waals surface area (Å²) >= 11 is 0. The fraction of sp³-hybridized carbons (Fsp3) is 0.500. The smallest absolute Gasteiger partial charge is 0.0950 e. The fourth-order valence-corrected chi connectivity index (χ4v) is 1.81. The molecule has 0 atom stereocenters. The van der Waals surface area contributed by atoms with E-state index in [4.69, 9.17) is 0 Å². The molecule has 2 aromatic rings. The molecule has 5 nitrogen and oxygen atoms in total. The summed E-state index contributed by atoms with van der Waals surface area (Å²) < 4.78 is 4.20. The predicted octanol–water partition coefficient (Wildman–Crippen LogP) is 1.03. The first-order valence-corrected chi connectivity index (χ1v) is 6.10. The lowest BCUT2D eigenvalue weighted by Crippen LogP contribution is -2.15. The van der Waals surface area contributed by atoms with E-state index in [9.17, 15) is 0 Å². The zero-order chi connectivity index (χ0) is 11.5. The molecule has 2 aromatic heterocycles. The minimum Gasteiger partial charge on any atom is -0.336 e. The van der Waals surface area contributed by atoms with Crippen LogP contribution in [-0.2, 0) is 19.6 Å². The average Bonchev–Trinajstić information content (AvgIpc) is 2.86. The Bertz CT molecular complexity index is 455. The van der Waals surface area contributed by atoms with E-state index >= 15 is 0 Å². The second-order valence-corrected chi connectivity index (χ2v) is 4.56. The summed E-state index contributed by atoms with van der Waals surface area (Å²) in [6.45, 7) is 2.77. The largest absolute Gasteiger partial charge is 0.336 e. The molecule has 1 N–H and O–H groups in total. The Morgan fingerprint density at radius 3 is 2.88 bits per heavy atom. The summed E-state index contributed by atoms with van der Waals surface area (Å²) in [5.74, 6) is 0. The summed E-state index contributed by atoms with van der Waals surface area (Å²) in [4.78, 5) is 8.41. The highest BCUT2D eigenvalue weighted by Crippen LogP contribution is 2.18. The first-order valence-electron chi connectivity index (χ1n) is 6.10. The molecule has 90 valence electrons. The van der Waals surface area contributed by atoms with Gasteiger partial charge in [0.2, 0.25) is 0 Å². The van der Waals surface area contributed by atoms with Gasteiger partial charge in [-0.25, -0.2) is 9.97 Å². The van der Waals surface area contributed by atoms with E-state index in [0.29, 0.717) is 0 Å². The Labute approximate surface area is 100 Å². The van der Waals surface area contributed by atoms with Crippen molar-refractivity contribution in [3.63, 3.8) is 0 Å². The Morgan fingerprint density at radius 2 is 2.12 bits per heavy atom. The quantitative estimate of drug-likeness (QED) is 0.808. The predicted molar refractivity (Wildman–Crippen MR) is 64.3 cm³/mol. The van der Waals surface area contributed by atoms with Crippen molar-refractivity contribution in [2.45, 2.75) is 38.5 Å². The lowest BCUT2D eigenvalue weighted by molar-refractivity contribution is 0.577. The zero-order valence-corrected chi connectivity index (χ0v) is 9.79. The Morgan fingerprint density at radius 1 is 1.24 bits per heavy atom. The van der Waals surface area contributed by atoms with E-state index in [1.54, 1.807) is 6.20 Å². The van der Waals surface area contributed by atoms with E-state index in [-0.39, 0.29) is 0 Å². The van der Waals surface area contributed by atoms with Gasteiger partial charge in [0, 0.05) is 44.3 Å². The van der Waals surface area contributed by atoms with Crippen LogP contribution >= 0.6 is 0 Å². The molecule has 0 saturated heterocycles. The van der Waals surface area contributed by atoms with E-state index in [2.05, 4.69) is 30.6 Å². The van der Waals surface area contributed by atoms with Gasteiger partial charge in [-0.2, -0.15) is 0 Å². The lowest BCUT2D eigenvalue weighted by Gasteiger charge is -2.02. The van der Waals surface area contributed by atoms with E-state index in [0.717, 1.165) is 31.4 Å². The molecular formula is C12H17N5. The van der Waals surface area contributed by atoms with Gasteiger partial charge in [0.05, 0.1) is 18.3 Å². The van der Waals surface area contributed by atoms with Gasteiger partial charge in [-0.15, -0.1) is 0 Å². The van der Waals surface area contributed by atoms with Crippen LogP contribution < -0.4 is 5.32 Å². The standard InChI is InChI=1S/C12H17N5/c1-2-11(1)14-7-12-8-17(10-15-12)6-5-16-4-3-13-9-16/h3-4,8-11,14H,1-2,5-7H2. The van der Waals surface area contributed by atoms with Crippen molar-refractivity contribution in [2.24, 2.45) is 0 Å². The number of aromatic nitrogens is 4. The molecule has 2 heterocycles. The SMILES string of the molecule is c1cn(CCn2cnc(CNC3CC3)c2)cn1. The minimum atomic E-state index is 0.742. The molecule has 1 aliphatic rings. The number of aryl methyl sites for hydroxylation is 2. The first kappa shape index (κ1) is 10.5. The molecule has 0 aromatic carbocycles. The highest BCUT2D eigenvalue weighted by Gasteiger charge is 2.20. The van der Waals surface area contributed by atoms with Crippen molar-refractivity contribution in [1.29, 1.82) is 0 Å². The normalized spacial score (nSPS) is 15.3. The first-order chi connectivity index (χ1) is 8.40. The van der Waals surface area contributed by atoms with Crippen molar-refractivity contribution >= 4 is 0 Å². The van der Waals surface area contributed by atoms with Crippen molar-refractivity contribution < 1.29 is 0 Å². The van der Waals surface area contributed by atoms with Gasteiger partial charge in [0.1, 0.15) is 0 Å². The molecule has 0 unspecified atom stereocenters. The third-order valence-corrected chi connectivity index (χ3v) is 3.01. The highest BCUT2D eigenvalue weighted by molar-refractivity contribution is 4.97. The van der Waals surface area contributed by atoms with Crippen molar-refractivity contribution in [3.8, 4) is 0 Å². The Kier molecular flexibility index (Phi) is 2.92. The molecule has 0 radical (unpaired) electrons. The number of hydrogen-bond acceptors (Lipinski definition) is 3. The van der Waals surface area contributed by atoms with Crippen LogP contribution in [0.5, 0.6) is 0 Å². The van der Waals surface area contributed by atoms with Crippen LogP contribution in [0.2, 0.25) is 0 Å². The number of rotatable bonds is 6. The molecule has 0 aliphatic heterocycles.